The van der Waals surface area contributed by atoms with Gasteiger partial charge in [0.25, 0.3) is 0 Å². The monoisotopic (exact) mass is 266 g/mol. The van der Waals surface area contributed by atoms with E-state index < -0.39 is 0 Å². The number of nitrogens with zero attached hydrogens (tertiary/aromatic N) is 4. The van der Waals surface area contributed by atoms with Gasteiger partial charge in [0.1, 0.15) is 12.2 Å². The first-order valence-electron chi connectivity index (χ1n) is 7.16. The summed E-state index contributed by atoms with van der Waals surface area (Å²) in [6.07, 6.45) is 3.35. The topological polar surface area (TPSA) is 54.2 Å². The minimum atomic E-state index is -0.178. The molecule has 0 aromatic carbocycles. The molecule has 1 N–H and O–H groups in total. The molecule has 1 fully saturated rings. The molecule has 1 aromatic heterocycles. The molecule has 1 aliphatic heterocycles. The number of hydrogen-bond acceptors (Lipinski definition) is 4. The average Bonchev–Trinajstić information content (AvgIpc) is 2.67. The third kappa shape index (κ3) is 3.76. The Balaban J connectivity index is 2.07. The van der Waals surface area contributed by atoms with Crippen LogP contribution in [-0.4, -0.2) is 44.0 Å². The predicted octanol–water partition coefficient (Wildman–Crippen LogP) is 1.84. The van der Waals surface area contributed by atoms with Crippen molar-refractivity contribution < 1.29 is 5.11 Å². The van der Waals surface area contributed by atoms with E-state index in [0.29, 0.717) is 6.04 Å². The van der Waals surface area contributed by atoms with Crippen molar-refractivity contribution in [3.63, 3.8) is 0 Å². The molecule has 1 saturated heterocycles. The molecule has 1 atom stereocenters. The van der Waals surface area contributed by atoms with Crippen LogP contribution in [0.1, 0.15) is 52.4 Å². The van der Waals surface area contributed by atoms with Crippen LogP contribution < -0.4 is 0 Å². The molecule has 0 radical (unpaired) electrons. The number of aliphatic hydroxyl groups excluding tert-OH is 1. The minimum absolute atomic E-state index is 0.151. The second kappa shape index (κ2) is 5.59. The second-order valence-corrected chi connectivity index (χ2v) is 6.77. The van der Waals surface area contributed by atoms with E-state index in [1.165, 1.54) is 0 Å². The van der Waals surface area contributed by atoms with Crippen molar-refractivity contribution in [2.24, 2.45) is 5.41 Å². The van der Waals surface area contributed by atoms with Crippen molar-refractivity contribution in [1.82, 2.24) is 19.7 Å². The maximum atomic E-state index is 9.95. The summed E-state index contributed by atoms with van der Waals surface area (Å²) in [5.41, 5.74) is 0.151. The molecule has 2 rings (SSSR count). The molecule has 5 heteroatoms. The number of aromatic nitrogens is 3. The van der Waals surface area contributed by atoms with Crippen molar-refractivity contribution in [3.8, 4) is 0 Å². The summed E-state index contributed by atoms with van der Waals surface area (Å²) in [4.78, 5) is 2.39. The second-order valence-electron chi connectivity index (χ2n) is 6.77. The Bertz CT molecular complexity index is 413. The zero-order valence-corrected chi connectivity index (χ0v) is 12.5. The quantitative estimate of drug-likeness (QED) is 0.907. The van der Waals surface area contributed by atoms with Gasteiger partial charge >= 0.3 is 0 Å². The van der Waals surface area contributed by atoms with Crippen LogP contribution in [0.4, 0.5) is 0 Å². The molecule has 5 nitrogen and oxygen atoms in total. The van der Waals surface area contributed by atoms with Crippen molar-refractivity contribution in [2.75, 3.05) is 13.1 Å². The summed E-state index contributed by atoms with van der Waals surface area (Å²) in [5.74, 6) is 1.02. The van der Waals surface area contributed by atoms with Crippen LogP contribution in [0.5, 0.6) is 0 Å². The maximum absolute atomic E-state index is 9.95. The lowest BCUT2D eigenvalue weighted by molar-refractivity contribution is 0.121. The molecular formula is C14H26N4O. The molecule has 0 saturated carbocycles. The largest absolute Gasteiger partial charge is 0.393 e. The highest BCUT2D eigenvalue weighted by Crippen LogP contribution is 2.29. The Labute approximate surface area is 115 Å². The van der Waals surface area contributed by atoms with Gasteiger partial charge in [0.05, 0.1) is 12.6 Å². The van der Waals surface area contributed by atoms with Crippen LogP contribution in [0.15, 0.2) is 6.33 Å². The van der Waals surface area contributed by atoms with Gasteiger partial charge in [0.2, 0.25) is 0 Å². The Hall–Kier alpha value is -0.940. The van der Waals surface area contributed by atoms with E-state index in [1.807, 2.05) is 0 Å². The zero-order chi connectivity index (χ0) is 14.0. The molecule has 0 spiro atoms. The normalized spacial score (nSPS) is 24.6. The van der Waals surface area contributed by atoms with Crippen LogP contribution in [-0.2, 0) is 6.54 Å². The van der Waals surface area contributed by atoms with E-state index in [9.17, 15) is 5.11 Å². The Morgan fingerprint density at radius 1 is 1.47 bits per heavy atom. The SMILES string of the molecule is CC(C)n1cnnc1CN1CC[C@H](O)CC(C)(C)C1. The van der Waals surface area contributed by atoms with E-state index >= 15 is 0 Å². The Morgan fingerprint density at radius 3 is 2.89 bits per heavy atom. The standard InChI is InChI=1S/C14H26N4O/c1-11(2)18-10-15-16-13(18)8-17-6-5-12(19)7-14(3,4)9-17/h10-12,19H,5-9H2,1-4H3/t12-/m0/s1. The minimum Gasteiger partial charge on any atom is -0.393 e. The molecule has 1 aliphatic rings. The summed E-state index contributed by atoms with van der Waals surface area (Å²) in [6.45, 7) is 11.5. The summed E-state index contributed by atoms with van der Waals surface area (Å²) >= 11 is 0. The van der Waals surface area contributed by atoms with Gasteiger partial charge in [0, 0.05) is 19.1 Å². The van der Waals surface area contributed by atoms with Gasteiger partial charge in [-0.3, -0.25) is 4.90 Å². The Kier molecular flexibility index (Phi) is 4.26. The lowest BCUT2D eigenvalue weighted by Crippen LogP contribution is -2.33. The van der Waals surface area contributed by atoms with Crippen molar-refractivity contribution >= 4 is 0 Å². The molecule has 2 heterocycles. The first-order valence-corrected chi connectivity index (χ1v) is 7.16. The maximum Gasteiger partial charge on any atom is 0.147 e. The summed E-state index contributed by atoms with van der Waals surface area (Å²) in [7, 11) is 0. The third-order valence-electron chi connectivity index (χ3n) is 3.79. The summed E-state index contributed by atoms with van der Waals surface area (Å²) in [6, 6.07) is 0.385. The smallest absolute Gasteiger partial charge is 0.147 e. The highest BCUT2D eigenvalue weighted by atomic mass is 16.3. The van der Waals surface area contributed by atoms with Gasteiger partial charge in [-0.15, -0.1) is 10.2 Å². The van der Waals surface area contributed by atoms with Gasteiger partial charge in [0.15, 0.2) is 0 Å². The fourth-order valence-corrected chi connectivity index (χ4v) is 2.97. The fraction of sp³-hybridized carbons (Fsp3) is 0.857. The lowest BCUT2D eigenvalue weighted by atomic mass is 9.87. The van der Waals surface area contributed by atoms with Gasteiger partial charge in [-0.2, -0.15) is 0 Å². The third-order valence-corrected chi connectivity index (χ3v) is 3.79. The van der Waals surface area contributed by atoms with Crippen LogP contribution in [0.3, 0.4) is 0 Å². The van der Waals surface area contributed by atoms with Crippen LogP contribution in [0.25, 0.3) is 0 Å². The van der Waals surface area contributed by atoms with Gasteiger partial charge < -0.3 is 9.67 Å². The van der Waals surface area contributed by atoms with E-state index in [4.69, 9.17) is 0 Å². The van der Waals surface area contributed by atoms with E-state index in [2.05, 4.69) is 47.4 Å². The lowest BCUT2D eigenvalue weighted by Gasteiger charge is -2.29. The molecule has 0 unspecified atom stereocenters. The van der Waals surface area contributed by atoms with Gasteiger partial charge in [-0.25, -0.2) is 0 Å². The van der Waals surface area contributed by atoms with Gasteiger partial charge in [-0.1, -0.05) is 13.8 Å². The number of likely N-dealkylation sites (tertiary alicyclic amines) is 1. The van der Waals surface area contributed by atoms with E-state index in [-0.39, 0.29) is 11.5 Å². The Morgan fingerprint density at radius 2 is 2.21 bits per heavy atom. The van der Waals surface area contributed by atoms with Crippen molar-refractivity contribution in [2.45, 2.75) is 59.2 Å². The summed E-state index contributed by atoms with van der Waals surface area (Å²) in [5, 5.41) is 18.2. The highest BCUT2D eigenvalue weighted by molar-refractivity contribution is 4.90. The molecular weight excluding hydrogens is 240 g/mol. The van der Waals surface area contributed by atoms with Crippen molar-refractivity contribution in [3.05, 3.63) is 12.2 Å². The van der Waals surface area contributed by atoms with Crippen LogP contribution >= 0.6 is 0 Å². The van der Waals surface area contributed by atoms with Crippen LogP contribution in [0.2, 0.25) is 0 Å². The van der Waals surface area contributed by atoms with E-state index in [1.54, 1.807) is 6.33 Å². The fourth-order valence-electron chi connectivity index (χ4n) is 2.97. The molecule has 1 aromatic rings. The number of aliphatic hydroxyl groups is 1. The zero-order valence-electron chi connectivity index (χ0n) is 12.5. The first kappa shape index (κ1) is 14.5. The average molecular weight is 266 g/mol. The molecule has 0 bridgehead atoms. The molecule has 0 aliphatic carbocycles. The number of rotatable bonds is 3. The molecule has 19 heavy (non-hydrogen) atoms. The highest BCUT2D eigenvalue weighted by Gasteiger charge is 2.29. The van der Waals surface area contributed by atoms with Crippen LogP contribution in [0, 0.1) is 5.41 Å². The van der Waals surface area contributed by atoms with Gasteiger partial charge in [-0.05, 0) is 32.1 Å². The van der Waals surface area contributed by atoms with Crippen molar-refractivity contribution in [1.29, 1.82) is 0 Å². The van der Waals surface area contributed by atoms with E-state index in [0.717, 1.165) is 38.3 Å². The first-order chi connectivity index (χ1) is 8.87. The summed E-state index contributed by atoms with van der Waals surface area (Å²) < 4.78 is 2.12. The molecule has 108 valence electrons. The molecule has 0 amide bonds. The predicted molar refractivity (Wildman–Crippen MR) is 74.7 cm³/mol. The number of hydrogen-bond donors (Lipinski definition) is 1.